The smallest absolute Gasteiger partial charge is 0.264 e. The normalized spacial score (nSPS) is 12.8. The molecule has 3 aromatic rings. The van der Waals surface area contributed by atoms with E-state index in [2.05, 4.69) is 21.2 Å². The number of nitrogens with zero attached hydrogens (tertiary/aromatic N) is 2. The minimum atomic E-state index is -4.13. The molecule has 0 aliphatic carbocycles. The maximum Gasteiger partial charge on any atom is 0.264 e. The molecule has 2 unspecified atom stereocenters. The van der Waals surface area contributed by atoms with E-state index >= 15 is 0 Å². The molecule has 3 aromatic carbocycles. The van der Waals surface area contributed by atoms with Crippen molar-refractivity contribution in [1.29, 1.82) is 0 Å². The first-order chi connectivity index (χ1) is 19.0. The fourth-order valence-electron chi connectivity index (χ4n) is 4.07. The van der Waals surface area contributed by atoms with E-state index in [9.17, 15) is 18.0 Å². The van der Waals surface area contributed by atoms with E-state index in [1.807, 2.05) is 20.8 Å². The molecular formula is C29H32BrCl2N3O4S. The van der Waals surface area contributed by atoms with E-state index in [0.29, 0.717) is 32.2 Å². The number of carbonyl (C=O) groups excluding carboxylic acids is 2. The lowest BCUT2D eigenvalue weighted by atomic mass is 10.1. The summed E-state index contributed by atoms with van der Waals surface area (Å²) in [6.45, 7) is 5.15. The van der Waals surface area contributed by atoms with Crippen molar-refractivity contribution in [2.45, 2.75) is 57.1 Å². The van der Waals surface area contributed by atoms with Crippen LogP contribution in [0.2, 0.25) is 10.0 Å². The minimum Gasteiger partial charge on any atom is -0.352 e. The Morgan fingerprint density at radius 1 is 0.925 bits per heavy atom. The molecule has 0 saturated carbocycles. The van der Waals surface area contributed by atoms with Crippen LogP contribution in [0.4, 0.5) is 5.69 Å². The topological polar surface area (TPSA) is 86.8 Å². The van der Waals surface area contributed by atoms with Crippen LogP contribution in [0.1, 0.15) is 39.2 Å². The van der Waals surface area contributed by atoms with Crippen LogP contribution < -0.4 is 9.62 Å². The molecular weight excluding hydrogens is 637 g/mol. The standard InChI is InChI=1S/C29H32BrCl2N3O4S/c1-4-20(3)33-29(37)27(5-2)34(18-21-14-15-25(31)26(32)16-21)28(36)19-35(23-11-9-10-22(30)17-23)40(38,39)24-12-7-6-8-13-24/h6-17,20,27H,4-5,18-19H2,1-3H3,(H,33,37). The Morgan fingerprint density at radius 2 is 1.62 bits per heavy atom. The van der Waals surface area contributed by atoms with Crippen molar-refractivity contribution in [3.8, 4) is 0 Å². The SMILES string of the molecule is CCC(C)NC(=O)C(CC)N(Cc1ccc(Cl)c(Cl)c1)C(=O)CN(c1cccc(Br)c1)S(=O)(=O)c1ccccc1. The first-order valence-corrected chi connectivity index (χ1v) is 15.8. The summed E-state index contributed by atoms with van der Waals surface area (Å²) in [5.74, 6) is -0.859. The Morgan fingerprint density at radius 3 is 2.23 bits per heavy atom. The van der Waals surface area contributed by atoms with Crippen LogP contribution in [-0.2, 0) is 26.2 Å². The molecule has 214 valence electrons. The van der Waals surface area contributed by atoms with E-state index in [1.54, 1.807) is 60.7 Å². The Bertz CT molecular complexity index is 1440. The first kappa shape index (κ1) is 31.9. The van der Waals surface area contributed by atoms with E-state index in [-0.39, 0.29) is 23.4 Å². The largest absolute Gasteiger partial charge is 0.352 e. The van der Waals surface area contributed by atoms with Gasteiger partial charge in [0.2, 0.25) is 11.8 Å². The molecule has 0 fully saturated rings. The average molecular weight is 669 g/mol. The van der Waals surface area contributed by atoms with Gasteiger partial charge in [0.25, 0.3) is 10.0 Å². The van der Waals surface area contributed by atoms with Crippen molar-refractivity contribution >= 4 is 66.7 Å². The van der Waals surface area contributed by atoms with Gasteiger partial charge in [-0.3, -0.25) is 13.9 Å². The number of sulfonamides is 1. The summed E-state index contributed by atoms with van der Waals surface area (Å²) in [6.07, 6.45) is 1.03. The lowest BCUT2D eigenvalue weighted by Gasteiger charge is -2.33. The maximum atomic E-state index is 14.1. The number of carbonyl (C=O) groups is 2. The lowest BCUT2D eigenvalue weighted by molar-refractivity contribution is -0.140. The molecule has 0 heterocycles. The highest BCUT2D eigenvalue weighted by atomic mass is 79.9. The molecule has 0 bridgehead atoms. The summed E-state index contributed by atoms with van der Waals surface area (Å²) >= 11 is 15.7. The number of amides is 2. The summed E-state index contributed by atoms with van der Waals surface area (Å²) in [7, 11) is -4.13. The number of anilines is 1. The predicted molar refractivity (Wildman–Crippen MR) is 164 cm³/mol. The third-order valence-corrected chi connectivity index (χ3v) is 9.45. The van der Waals surface area contributed by atoms with Crippen molar-refractivity contribution < 1.29 is 18.0 Å². The number of benzene rings is 3. The van der Waals surface area contributed by atoms with Gasteiger partial charge in [0.15, 0.2) is 0 Å². The Labute approximate surface area is 254 Å². The summed E-state index contributed by atoms with van der Waals surface area (Å²) in [4.78, 5) is 28.9. The van der Waals surface area contributed by atoms with Crippen LogP contribution in [-0.4, -0.2) is 43.8 Å². The van der Waals surface area contributed by atoms with Gasteiger partial charge in [-0.1, -0.05) is 83.3 Å². The molecule has 40 heavy (non-hydrogen) atoms. The average Bonchev–Trinajstić information content (AvgIpc) is 2.93. The minimum absolute atomic E-state index is 0.0276. The summed E-state index contributed by atoms with van der Waals surface area (Å²) in [5, 5.41) is 3.62. The van der Waals surface area contributed by atoms with E-state index in [4.69, 9.17) is 23.2 Å². The molecule has 1 N–H and O–H groups in total. The van der Waals surface area contributed by atoms with E-state index in [0.717, 1.165) is 10.7 Å². The molecule has 0 radical (unpaired) electrons. The van der Waals surface area contributed by atoms with Gasteiger partial charge >= 0.3 is 0 Å². The van der Waals surface area contributed by atoms with Crippen molar-refractivity contribution in [3.63, 3.8) is 0 Å². The Hall–Kier alpha value is -2.59. The van der Waals surface area contributed by atoms with Gasteiger partial charge in [-0.05, 0) is 67.8 Å². The maximum absolute atomic E-state index is 14.1. The zero-order chi connectivity index (χ0) is 29.4. The Balaban J connectivity index is 2.07. The summed E-state index contributed by atoms with van der Waals surface area (Å²) in [6, 6.07) is 18.7. The Kier molecular flexibility index (Phi) is 11.5. The van der Waals surface area contributed by atoms with Crippen LogP contribution in [0.15, 0.2) is 82.2 Å². The van der Waals surface area contributed by atoms with Crippen molar-refractivity contribution in [3.05, 3.63) is 92.9 Å². The molecule has 0 aliphatic heterocycles. The monoisotopic (exact) mass is 667 g/mol. The van der Waals surface area contributed by atoms with Gasteiger partial charge in [0.1, 0.15) is 12.6 Å². The van der Waals surface area contributed by atoms with Crippen molar-refractivity contribution in [1.82, 2.24) is 10.2 Å². The van der Waals surface area contributed by atoms with Gasteiger partial charge in [-0.15, -0.1) is 0 Å². The van der Waals surface area contributed by atoms with Crippen molar-refractivity contribution in [2.75, 3.05) is 10.8 Å². The molecule has 2 atom stereocenters. The number of hydrogen-bond donors (Lipinski definition) is 1. The van der Waals surface area contributed by atoms with Crippen LogP contribution in [0, 0.1) is 0 Å². The second-order valence-electron chi connectivity index (χ2n) is 9.32. The van der Waals surface area contributed by atoms with Gasteiger partial charge in [-0.2, -0.15) is 0 Å². The number of halogens is 3. The second kappa shape index (κ2) is 14.3. The first-order valence-electron chi connectivity index (χ1n) is 12.8. The third-order valence-electron chi connectivity index (χ3n) is 6.43. The van der Waals surface area contributed by atoms with Crippen LogP contribution in [0.5, 0.6) is 0 Å². The van der Waals surface area contributed by atoms with Gasteiger partial charge in [0, 0.05) is 17.1 Å². The molecule has 3 rings (SSSR count). The van der Waals surface area contributed by atoms with Gasteiger partial charge in [-0.25, -0.2) is 8.42 Å². The highest BCUT2D eigenvalue weighted by Gasteiger charge is 2.34. The fourth-order valence-corrected chi connectivity index (χ4v) is 6.21. The van der Waals surface area contributed by atoms with Gasteiger partial charge < -0.3 is 10.2 Å². The molecule has 2 amide bonds. The number of rotatable bonds is 12. The van der Waals surface area contributed by atoms with Crippen LogP contribution in [0.25, 0.3) is 0 Å². The molecule has 11 heteroatoms. The highest BCUT2D eigenvalue weighted by Crippen LogP contribution is 2.28. The molecule has 0 saturated heterocycles. The van der Waals surface area contributed by atoms with Crippen LogP contribution >= 0.6 is 39.1 Å². The molecule has 0 spiro atoms. The zero-order valence-corrected chi connectivity index (χ0v) is 26.4. The summed E-state index contributed by atoms with van der Waals surface area (Å²) < 4.78 is 29.4. The highest BCUT2D eigenvalue weighted by molar-refractivity contribution is 9.10. The number of hydrogen-bond acceptors (Lipinski definition) is 4. The molecule has 7 nitrogen and oxygen atoms in total. The lowest BCUT2D eigenvalue weighted by Crippen LogP contribution is -2.53. The molecule has 0 aliphatic rings. The van der Waals surface area contributed by atoms with Crippen molar-refractivity contribution in [2.24, 2.45) is 0 Å². The predicted octanol–water partition coefficient (Wildman–Crippen LogP) is 6.67. The van der Waals surface area contributed by atoms with E-state index < -0.39 is 28.5 Å². The van der Waals surface area contributed by atoms with E-state index in [1.165, 1.54) is 17.0 Å². The fraction of sp³-hybridized carbons (Fsp3) is 0.310. The third kappa shape index (κ3) is 8.00. The quantitative estimate of drug-likeness (QED) is 0.234. The zero-order valence-electron chi connectivity index (χ0n) is 22.5. The van der Waals surface area contributed by atoms with Crippen LogP contribution in [0.3, 0.4) is 0 Å². The molecule has 0 aromatic heterocycles. The van der Waals surface area contributed by atoms with Gasteiger partial charge in [0.05, 0.1) is 20.6 Å². The number of nitrogens with one attached hydrogen (secondary N) is 1. The summed E-state index contributed by atoms with van der Waals surface area (Å²) in [5.41, 5.74) is 0.954. The second-order valence-corrected chi connectivity index (χ2v) is 12.9.